The van der Waals surface area contributed by atoms with Gasteiger partial charge in [-0.15, -0.1) is 0 Å². The maximum atomic E-state index is 5.05. The first-order valence-electron chi connectivity index (χ1n) is 6.43. The van der Waals surface area contributed by atoms with Gasteiger partial charge in [-0.3, -0.25) is 0 Å². The number of rotatable bonds is 2. The van der Waals surface area contributed by atoms with Crippen LogP contribution in [0.2, 0.25) is 0 Å². The van der Waals surface area contributed by atoms with Crippen LogP contribution < -0.4 is 0 Å². The van der Waals surface area contributed by atoms with Gasteiger partial charge in [0.2, 0.25) is 0 Å². The molecule has 0 spiro atoms. The molecule has 2 aromatic rings. The Morgan fingerprint density at radius 3 is 2.44 bits per heavy atom. The summed E-state index contributed by atoms with van der Waals surface area (Å²) in [5.41, 5.74) is 5.18. The molecular weight excluding hydrogens is 240 g/mol. The van der Waals surface area contributed by atoms with Crippen LogP contribution in [0.3, 0.4) is 0 Å². The molecular formula is C15H26N2S. The fraction of sp³-hybridized carbons (Fsp3) is 0.400. The molecule has 0 aliphatic carbocycles. The number of aromatic amines is 2. The first kappa shape index (κ1) is 14.7. The first-order valence-corrected chi connectivity index (χ1v) is 6.84. The van der Waals surface area contributed by atoms with Crippen molar-refractivity contribution in [3.63, 3.8) is 0 Å². The lowest BCUT2D eigenvalue weighted by molar-refractivity contribution is 0.869. The Bertz CT molecular complexity index is 561. The van der Waals surface area contributed by atoms with Gasteiger partial charge >= 0.3 is 0 Å². The zero-order valence-electron chi connectivity index (χ0n) is 11.8. The fourth-order valence-corrected chi connectivity index (χ4v) is 2.17. The summed E-state index contributed by atoms with van der Waals surface area (Å²) < 4.78 is 0.687. The Hall–Kier alpha value is -1.35. The topological polar surface area (TPSA) is 31.6 Å². The van der Waals surface area contributed by atoms with Gasteiger partial charge in [-0.05, 0) is 42.8 Å². The van der Waals surface area contributed by atoms with Crippen molar-refractivity contribution >= 4 is 12.2 Å². The molecule has 0 aliphatic heterocycles. The molecule has 0 radical (unpaired) electrons. The van der Waals surface area contributed by atoms with E-state index in [1.54, 1.807) is 0 Å². The van der Waals surface area contributed by atoms with Crippen molar-refractivity contribution in [2.24, 2.45) is 0 Å². The maximum absolute atomic E-state index is 5.05. The summed E-state index contributed by atoms with van der Waals surface area (Å²) in [5, 5.41) is 0. The standard InChI is InChI=1S/C13H16N2S.C2H6.2H2/c1-8-5-4-6-11(9(8)2)10(3)12-7-14-13(16)15-12;1-2;;/h4-7,10H,1-3H3,(H2,14,15,16);1-2H3;2*1H. The third kappa shape index (κ3) is 3.10. The van der Waals surface area contributed by atoms with Crippen LogP contribution in [0, 0.1) is 18.6 Å². The second kappa shape index (κ2) is 6.55. The lowest BCUT2D eigenvalue weighted by atomic mass is 9.92. The van der Waals surface area contributed by atoms with Crippen LogP contribution in [-0.2, 0) is 0 Å². The number of H-pyrrole nitrogens is 2. The molecule has 0 saturated heterocycles. The van der Waals surface area contributed by atoms with Crippen molar-refractivity contribution in [2.45, 2.75) is 40.5 Å². The van der Waals surface area contributed by atoms with E-state index in [1.807, 2.05) is 20.0 Å². The van der Waals surface area contributed by atoms with E-state index in [0.29, 0.717) is 10.7 Å². The third-order valence-corrected chi connectivity index (χ3v) is 3.42. The van der Waals surface area contributed by atoms with Crippen LogP contribution >= 0.6 is 12.2 Å². The third-order valence-electron chi connectivity index (χ3n) is 3.20. The number of benzene rings is 1. The average molecular weight is 266 g/mol. The summed E-state index contributed by atoms with van der Waals surface area (Å²) in [4.78, 5) is 6.19. The normalized spacial score (nSPS) is 11.6. The predicted molar refractivity (Wildman–Crippen MR) is 85.0 cm³/mol. The van der Waals surface area contributed by atoms with Crippen molar-refractivity contribution in [1.82, 2.24) is 9.97 Å². The lowest BCUT2D eigenvalue weighted by Crippen LogP contribution is -2.00. The molecule has 0 fully saturated rings. The van der Waals surface area contributed by atoms with E-state index in [-0.39, 0.29) is 2.85 Å². The molecule has 0 bridgehead atoms. The molecule has 0 amide bonds. The van der Waals surface area contributed by atoms with E-state index < -0.39 is 0 Å². The van der Waals surface area contributed by atoms with Crippen LogP contribution in [0.25, 0.3) is 0 Å². The Kier molecular flexibility index (Phi) is 5.35. The molecule has 18 heavy (non-hydrogen) atoms. The van der Waals surface area contributed by atoms with Crippen LogP contribution in [0.15, 0.2) is 24.4 Å². The fourth-order valence-electron chi connectivity index (χ4n) is 1.99. The maximum Gasteiger partial charge on any atom is 0.174 e. The predicted octanol–water partition coefficient (Wildman–Crippen LogP) is 5.36. The second-order valence-electron chi connectivity index (χ2n) is 4.21. The smallest absolute Gasteiger partial charge is 0.174 e. The summed E-state index contributed by atoms with van der Waals surface area (Å²) in [7, 11) is 0. The molecule has 2 rings (SSSR count). The molecule has 1 aromatic heterocycles. The summed E-state index contributed by atoms with van der Waals surface area (Å²) in [5.74, 6) is 0.341. The molecule has 102 valence electrons. The minimum atomic E-state index is 0. The summed E-state index contributed by atoms with van der Waals surface area (Å²) in [6, 6.07) is 6.43. The van der Waals surface area contributed by atoms with Crippen LogP contribution in [0.1, 0.15) is 51.9 Å². The molecule has 1 unspecified atom stereocenters. The summed E-state index contributed by atoms with van der Waals surface area (Å²) in [6.07, 6.45) is 1.95. The highest BCUT2D eigenvalue weighted by atomic mass is 32.1. The Morgan fingerprint density at radius 2 is 1.89 bits per heavy atom. The number of aromatic nitrogens is 2. The van der Waals surface area contributed by atoms with Crippen LogP contribution in [0.5, 0.6) is 0 Å². The van der Waals surface area contributed by atoms with Crippen LogP contribution in [-0.4, -0.2) is 9.97 Å². The zero-order chi connectivity index (χ0) is 13.7. The molecule has 1 heterocycles. The minimum absolute atomic E-state index is 0. The highest BCUT2D eigenvalue weighted by Gasteiger charge is 2.12. The van der Waals surface area contributed by atoms with E-state index in [1.165, 1.54) is 16.7 Å². The van der Waals surface area contributed by atoms with Gasteiger partial charge in [0, 0.05) is 20.7 Å². The van der Waals surface area contributed by atoms with Gasteiger partial charge in [0.15, 0.2) is 4.77 Å². The van der Waals surface area contributed by atoms with Gasteiger partial charge in [0.25, 0.3) is 0 Å². The Morgan fingerprint density at radius 1 is 1.22 bits per heavy atom. The van der Waals surface area contributed by atoms with Gasteiger partial charge in [-0.1, -0.05) is 39.0 Å². The molecule has 1 atom stereocenters. The van der Waals surface area contributed by atoms with Gasteiger partial charge in [-0.25, -0.2) is 0 Å². The molecule has 1 aromatic carbocycles. The van der Waals surface area contributed by atoms with Gasteiger partial charge in [-0.2, -0.15) is 0 Å². The molecule has 2 N–H and O–H groups in total. The number of aryl methyl sites for hydroxylation is 1. The number of hydrogen-bond donors (Lipinski definition) is 2. The quantitative estimate of drug-likeness (QED) is 0.705. The summed E-state index contributed by atoms with van der Waals surface area (Å²) >= 11 is 5.05. The monoisotopic (exact) mass is 266 g/mol. The van der Waals surface area contributed by atoms with E-state index in [2.05, 4.69) is 48.9 Å². The van der Waals surface area contributed by atoms with E-state index in [0.717, 1.165) is 5.69 Å². The Labute approximate surface area is 117 Å². The highest BCUT2D eigenvalue weighted by Crippen LogP contribution is 2.26. The van der Waals surface area contributed by atoms with Crippen molar-refractivity contribution in [3.05, 3.63) is 51.6 Å². The van der Waals surface area contributed by atoms with E-state index in [4.69, 9.17) is 12.2 Å². The first-order chi connectivity index (χ1) is 8.59. The second-order valence-corrected chi connectivity index (χ2v) is 4.62. The lowest BCUT2D eigenvalue weighted by Gasteiger charge is -2.14. The average Bonchev–Trinajstić information content (AvgIpc) is 2.81. The molecule has 3 heteroatoms. The number of imidazole rings is 1. The molecule has 0 aliphatic rings. The number of nitrogens with one attached hydrogen (secondary N) is 2. The van der Waals surface area contributed by atoms with Crippen LogP contribution in [0.4, 0.5) is 0 Å². The van der Waals surface area contributed by atoms with E-state index >= 15 is 0 Å². The van der Waals surface area contributed by atoms with Gasteiger partial charge < -0.3 is 9.97 Å². The SMILES string of the molecule is CC.Cc1cccc(C(C)c2c[nH]c(=S)[nH]2)c1C.[HH].[HH]. The largest absolute Gasteiger partial charge is 0.337 e. The van der Waals surface area contributed by atoms with Crippen molar-refractivity contribution in [3.8, 4) is 0 Å². The van der Waals surface area contributed by atoms with Crippen molar-refractivity contribution in [1.29, 1.82) is 0 Å². The number of hydrogen-bond acceptors (Lipinski definition) is 1. The zero-order valence-corrected chi connectivity index (χ0v) is 12.6. The van der Waals surface area contributed by atoms with Gasteiger partial charge in [0.1, 0.15) is 0 Å². The van der Waals surface area contributed by atoms with Crippen molar-refractivity contribution < 1.29 is 2.85 Å². The summed E-state index contributed by atoms with van der Waals surface area (Å²) in [6.45, 7) is 10.5. The molecule has 0 saturated carbocycles. The van der Waals surface area contributed by atoms with Gasteiger partial charge in [0.05, 0.1) is 0 Å². The van der Waals surface area contributed by atoms with Crippen molar-refractivity contribution in [2.75, 3.05) is 0 Å². The Balaban J connectivity index is 0. The van der Waals surface area contributed by atoms with E-state index in [9.17, 15) is 0 Å². The minimum Gasteiger partial charge on any atom is -0.337 e. The molecule has 2 nitrogen and oxygen atoms in total. The highest BCUT2D eigenvalue weighted by molar-refractivity contribution is 7.71.